The van der Waals surface area contributed by atoms with Crippen molar-refractivity contribution in [3.05, 3.63) is 44.7 Å². The SMILES string of the molecule is O=[N+]([O-])c1ccc(-n2cc(CCCCl)nn2)c(Br)c1. The van der Waals surface area contributed by atoms with Gasteiger partial charge in [0.2, 0.25) is 0 Å². The summed E-state index contributed by atoms with van der Waals surface area (Å²) < 4.78 is 2.17. The fourth-order valence-electron chi connectivity index (χ4n) is 1.57. The average molecular weight is 346 g/mol. The van der Waals surface area contributed by atoms with Crippen molar-refractivity contribution in [3.8, 4) is 5.69 Å². The first-order valence-electron chi connectivity index (χ1n) is 5.53. The highest BCUT2D eigenvalue weighted by Crippen LogP contribution is 2.25. The number of aromatic nitrogens is 3. The minimum absolute atomic E-state index is 0.0260. The van der Waals surface area contributed by atoms with Crippen LogP contribution in [0.5, 0.6) is 0 Å². The summed E-state index contributed by atoms with van der Waals surface area (Å²) in [5.41, 5.74) is 1.57. The van der Waals surface area contributed by atoms with Crippen LogP contribution in [0, 0.1) is 10.1 Å². The molecular weight excluding hydrogens is 336 g/mol. The van der Waals surface area contributed by atoms with E-state index >= 15 is 0 Å². The van der Waals surface area contributed by atoms with Crippen LogP contribution in [0.15, 0.2) is 28.9 Å². The number of nitro benzene ring substituents is 1. The van der Waals surface area contributed by atoms with E-state index in [0.717, 1.165) is 18.5 Å². The minimum atomic E-state index is -0.443. The Bertz CT molecular complexity index is 602. The van der Waals surface area contributed by atoms with Crippen LogP contribution >= 0.6 is 27.5 Å². The third kappa shape index (κ3) is 3.30. The first kappa shape index (κ1) is 14.0. The number of nitro groups is 1. The summed E-state index contributed by atoms with van der Waals surface area (Å²) in [6, 6.07) is 4.50. The van der Waals surface area contributed by atoms with Gasteiger partial charge < -0.3 is 0 Å². The lowest BCUT2D eigenvalue weighted by Crippen LogP contribution is -1.97. The van der Waals surface area contributed by atoms with Crippen molar-refractivity contribution in [1.29, 1.82) is 0 Å². The van der Waals surface area contributed by atoms with Gasteiger partial charge in [-0.15, -0.1) is 16.7 Å². The van der Waals surface area contributed by atoms with Crippen LogP contribution in [0.1, 0.15) is 12.1 Å². The number of nitrogens with zero attached hydrogens (tertiary/aromatic N) is 4. The van der Waals surface area contributed by atoms with Gasteiger partial charge in [0, 0.05) is 18.0 Å². The number of hydrogen-bond donors (Lipinski definition) is 0. The van der Waals surface area contributed by atoms with E-state index in [2.05, 4.69) is 26.2 Å². The normalized spacial score (nSPS) is 10.6. The van der Waals surface area contributed by atoms with Gasteiger partial charge in [0.15, 0.2) is 0 Å². The zero-order valence-corrected chi connectivity index (χ0v) is 12.1. The number of hydrogen-bond acceptors (Lipinski definition) is 4. The predicted octanol–water partition coefficient (Wildman–Crippen LogP) is 3.11. The first-order valence-corrected chi connectivity index (χ1v) is 6.86. The fraction of sp³-hybridized carbons (Fsp3) is 0.273. The summed E-state index contributed by atoms with van der Waals surface area (Å²) in [5, 5.41) is 18.7. The van der Waals surface area contributed by atoms with Crippen LogP contribution < -0.4 is 0 Å². The summed E-state index contributed by atoms with van der Waals surface area (Å²) in [5.74, 6) is 0.577. The zero-order valence-electron chi connectivity index (χ0n) is 9.79. The average Bonchev–Trinajstić information content (AvgIpc) is 2.84. The highest BCUT2D eigenvalue weighted by Gasteiger charge is 2.11. The van der Waals surface area contributed by atoms with E-state index in [4.69, 9.17) is 11.6 Å². The standard InChI is InChI=1S/C11H10BrClN4O2/c12-10-6-9(17(18)19)3-4-11(10)16-7-8(14-15-16)2-1-5-13/h3-4,6-7H,1-2,5H2. The van der Waals surface area contributed by atoms with E-state index in [-0.39, 0.29) is 5.69 Å². The second-order valence-electron chi connectivity index (χ2n) is 3.84. The maximum Gasteiger partial charge on any atom is 0.270 e. The van der Waals surface area contributed by atoms with Crippen LogP contribution in [0.3, 0.4) is 0 Å². The summed E-state index contributed by atoms with van der Waals surface area (Å²) in [4.78, 5) is 10.2. The Morgan fingerprint density at radius 1 is 1.47 bits per heavy atom. The molecule has 19 heavy (non-hydrogen) atoms. The van der Waals surface area contributed by atoms with Crippen LogP contribution in [-0.2, 0) is 6.42 Å². The van der Waals surface area contributed by atoms with Crippen molar-refractivity contribution in [2.75, 3.05) is 5.88 Å². The van der Waals surface area contributed by atoms with Gasteiger partial charge in [-0.05, 0) is 34.8 Å². The maximum atomic E-state index is 10.7. The third-order valence-corrected chi connectivity index (χ3v) is 3.40. The van der Waals surface area contributed by atoms with Gasteiger partial charge in [-0.2, -0.15) is 0 Å². The van der Waals surface area contributed by atoms with Crippen molar-refractivity contribution < 1.29 is 4.92 Å². The highest BCUT2D eigenvalue weighted by atomic mass is 79.9. The molecule has 2 aromatic rings. The minimum Gasteiger partial charge on any atom is -0.258 e. The number of alkyl halides is 1. The molecule has 0 aliphatic rings. The molecule has 0 aliphatic heterocycles. The summed E-state index contributed by atoms with van der Waals surface area (Å²) in [7, 11) is 0. The third-order valence-electron chi connectivity index (χ3n) is 2.50. The Hall–Kier alpha value is -1.47. The molecule has 0 fully saturated rings. The second-order valence-corrected chi connectivity index (χ2v) is 5.07. The predicted molar refractivity (Wildman–Crippen MR) is 74.8 cm³/mol. The number of rotatable bonds is 5. The topological polar surface area (TPSA) is 73.8 Å². The molecule has 0 N–H and O–H groups in total. The highest BCUT2D eigenvalue weighted by molar-refractivity contribution is 9.10. The summed E-state index contributed by atoms with van der Waals surface area (Å²) >= 11 is 8.92. The number of benzene rings is 1. The molecule has 6 nitrogen and oxygen atoms in total. The molecule has 2 rings (SSSR count). The molecule has 100 valence electrons. The Kier molecular flexibility index (Phi) is 4.49. The van der Waals surface area contributed by atoms with Crippen molar-refractivity contribution in [3.63, 3.8) is 0 Å². The molecule has 1 aromatic heterocycles. The lowest BCUT2D eigenvalue weighted by Gasteiger charge is -2.02. The molecule has 0 saturated carbocycles. The smallest absolute Gasteiger partial charge is 0.258 e. The monoisotopic (exact) mass is 344 g/mol. The number of aryl methyl sites for hydroxylation is 1. The van der Waals surface area contributed by atoms with Crippen LogP contribution in [0.25, 0.3) is 5.69 Å². The van der Waals surface area contributed by atoms with Crippen LogP contribution in [-0.4, -0.2) is 25.8 Å². The van der Waals surface area contributed by atoms with Crippen molar-refractivity contribution in [2.24, 2.45) is 0 Å². The van der Waals surface area contributed by atoms with Crippen molar-refractivity contribution >= 4 is 33.2 Å². The Labute approximate surface area is 122 Å². The zero-order chi connectivity index (χ0) is 13.8. The second kappa shape index (κ2) is 6.12. The van der Waals surface area contributed by atoms with Gasteiger partial charge >= 0.3 is 0 Å². The molecule has 0 aliphatic carbocycles. The molecule has 8 heteroatoms. The van der Waals surface area contributed by atoms with E-state index in [1.54, 1.807) is 16.9 Å². The van der Waals surface area contributed by atoms with E-state index in [1.165, 1.54) is 12.1 Å². The summed E-state index contributed by atoms with van der Waals surface area (Å²) in [6.45, 7) is 0. The Morgan fingerprint density at radius 3 is 2.89 bits per heavy atom. The molecule has 0 saturated heterocycles. The molecule has 0 bridgehead atoms. The van der Waals surface area contributed by atoms with Gasteiger partial charge in [-0.3, -0.25) is 10.1 Å². The van der Waals surface area contributed by atoms with Gasteiger partial charge in [-0.1, -0.05) is 5.21 Å². The number of halogens is 2. The van der Waals surface area contributed by atoms with E-state index in [9.17, 15) is 10.1 Å². The Morgan fingerprint density at radius 2 is 2.26 bits per heavy atom. The van der Waals surface area contributed by atoms with Crippen LogP contribution in [0.4, 0.5) is 5.69 Å². The van der Waals surface area contributed by atoms with Crippen molar-refractivity contribution in [1.82, 2.24) is 15.0 Å². The van der Waals surface area contributed by atoms with Crippen molar-refractivity contribution in [2.45, 2.75) is 12.8 Å². The Balaban J connectivity index is 2.26. The fourth-order valence-corrected chi connectivity index (χ4v) is 2.26. The molecule has 0 radical (unpaired) electrons. The molecule has 0 unspecified atom stereocenters. The van der Waals surface area contributed by atoms with Crippen LogP contribution in [0.2, 0.25) is 0 Å². The summed E-state index contributed by atoms with van der Waals surface area (Å²) in [6.07, 6.45) is 3.38. The van der Waals surface area contributed by atoms with Gasteiger partial charge in [0.1, 0.15) is 0 Å². The largest absolute Gasteiger partial charge is 0.270 e. The van der Waals surface area contributed by atoms with E-state index in [0.29, 0.717) is 16.0 Å². The molecular formula is C11H10BrClN4O2. The molecule has 0 spiro atoms. The molecule has 1 heterocycles. The number of non-ortho nitro benzene ring substituents is 1. The molecule has 0 amide bonds. The quantitative estimate of drug-likeness (QED) is 0.474. The van der Waals surface area contributed by atoms with E-state index < -0.39 is 4.92 Å². The first-order chi connectivity index (χ1) is 9.11. The van der Waals surface area contributed by atoms with Gasteiger partial charge in [-0.25, -0.2) is 4.68 Å². The molecule has 1 aromatic carbocycles. The molecule has 0 atom stereocenters. The van der Waals surface area contributed by atoms with Gasteiger partial charge in [0.25, 0.3) is 5.69 Å². The van der Waals surface area contributed by atoms with E-state index in [1.807, 2.05) is 0 Å². The maximum absolute atomic E-state index is 10.7. The lowest BCUT2D eigenvalue weighted by molar-refractivity contribution is -0.384. The lowest BCUT2D eigenvalue weighted by atomic mass is 10.2. The van der Waals surface area contributed by atoms with Gasteiger partial charge in [0.05, 0.1) is 27.0 Å².